The average Bonchev–Trinajstić information content (AvgIpc) is 2.33. The van der Waals surface area contributed by atoms with Gasteiger partial charge in [-0.05, 0) is 45.2 Å². The van der Waals surface area contributed by atoms with E-state index in [2.05, 4.69) is 24.2 Å². The molecule has 2 aliphatic rings. The molecule has 18 heavy (non-hydrogen) atoms. The molecule has 0 bridgehead atoms. The molecule has 0 aromatic heterocycles. The summed E-state index contributed by atoms with van der Waals surface area (Å²) < 4.78 is 5.76. The molecule has 2 rings (SSSR count). The molecule has 0 amide bonds. The zero-order valence-electron chi connectivity index (χ0n) is 12.2. The van der Waals surface area contributed by atoms with E-state index in [0.717, 1.165) is 32.2 Å². The Morgan fingerprint density at radius 1 is 1.33 bits per heavy atom. The minimum absolute atomic E-state index is 0.354. The maximum absolute atomic E-state index is 5.76. The molecule has 1 atom stereocenters. The van der Waals surface area contributed by atoms with Crippen LogP contribution in [0, 0.1) is 11.3 Å². The van der Waals surface area contributed by atoms with E-state index in [1.54, 1.807) is 0 Å². The van der Waals surface area contributed by atoms with Crippen LogP contribution in [0.25, 0.3) is 0 Å². The Bertz CT molecular complexity index is 235. The van der Waals surface area contributed by atoms with Crippen molar-refractivity contribution in [1.29, 1.82) is 0 Å². The first-order chi connectivity index (χ1) is 8.74. The maximum atomic E-state index is 5.76. The van der Waals surface area contributed by atoms with Crippen molar-refractivity contribution < 1.29 is 4.74 Å². The van der Waals surface area contributed by atoms with Gasteiger partial charge < -0.3 is 15.0 Å². The quantitative estimate of drug-likeness (QED) is 0.753. The third-order valence-corrected chi connectivity index (χ3v) is 4.55. The average molecular weight is 254 g/mol. The minimum atomic E-state index is 0.354. The summed E-state index contributed by atoms with van der Waals surface area (Å²) in [5.41, 5.74) is 0.354. The number of rotatable bonds is 7. The van der Waals surface area contributed by atoms with E-state index in [-0.39, 0.29) is 0 Å². The molecule has 1 aliphatic heterocycles. The third kappa shape index (κ3) is 3.94. The van der Waals surface area contributed by atoms with Gasteiger partial charge in [0.2, 0.25) is 0 Å². The van der Waals surface area contributed by atoms with Crippen molar-refractivity contribution in [3.05, 3.63) is 0 Å². The van der Waals surface area contributed by atoms with E-state index in [1.807, 2.05) is 0 Å². The van der Waals surface area contributed by atoms with E-state index in [0.29, 0.717) is 5.41 Å². The van der Waals surface area contributed by atoms with Crippen molar-refractivity contribution in [2.24, 2.45) is 11.3 Å². The highest BCUT2D eigenvalue weighted by atomic mass is 16.5. The fraction of sp³-hybridized carbons (Fsp3) is 1.00. The Morgan fingerprint density at radius 2 is 2.17 bits per heavy atom. The molecule has 1 N–H and O–H groups in total. The van der Waals surface area contributed by atoms with Gasteiger partial charge >= 0.3 is 0 Å². The molecule has 3 heteroatoms. The van der Waals surface area contributed by atoms with E-state index >= 15 is 0 Å². The van der Waals surface area contributed by atoms with Crippen molar-refractivity contribution in [2.75, 3.05) is 46.4 Å². The largest absolute Gasteiger partial charge is 0.381 e. The molecule has 1 heterocycles. The second-order valence-electron chi connectivity index (χ2n) is 6.43. The summed E-state index contributed by atoms with van der Waals surface area (Å²) in [6.45, 7) is 8.74. The van der Waals surface area contributed by atoms with Crippen LogP contribution in [0.2, 0.25) is 0 Å². The first-order valence-corrected chi connectivity index (χ1v) is 7.71. The van der Waals surface area contributed by atoms with E-state index < -0.39 is 0 Å². The van der Waals surface area contributed by atoms with Crippen LogP contribution in [0.3, 0.4) is 0 Å². The molecule has 1 saturated heterocycles. The van der Waals surface area contributed by atoms with Gasteiger partial charge in [-0.15, -0.1) is 0 Å². The van der Waals surface area contributed by atoms with Crippen molar-refractivity contribution in [1.82, 2.24) is 10.2 Å². The van der Waals surface area contributed by atoms with Gasteiger partial charge in [-0.2, -0.15) is 0 Å². The Hall–Kier alpha value is -0.120. The Balaban J connectivity index is 1.82. The number of ether oxygens (including phenoxy) is 1. The highest BCUT2D eigenvalue weighted by Gasteiger charge is 2.34. The number of hydrogen-bond donors (Lipinski definition) is 1. The molecular weight excluding hydrogens is 224 g/mol. The smallest absolute Gasteiger partial charge is 0.0546 e. The minimum Gasteiger partial charge on any atom is -0.381 e. The van der Waals surface area contributed by atoms with Crippen LogP contribution in [0.5, 0.6) is 0 Å². The SMILES string of the molecule is CCNCC1(CN(C)CC2CCC2)CCCOC1. The van der Waals surface area contributed by atoms with E-state index in [1.165, 1.54) is 45.2 Å². The Labute approximate surface area is 112 Å². The van der Waals surface area contributed by atoms with Gasteiger partial charge in [-0.3, -0.25) is 0 Å². The molecule has 106 valence electrons. The van der Waals surface area contributed by atoms with Crippen LogP contribution in [-0.2, 0) is 4.74 Å². The molecule has 0 radical (unpaired) electrons. The van der Waals surface area contributed by atoms with Crippen LogP contribution in [0.1, 0.15) is 39.0 Å². The van der Waals surface area contributed by atoms with Crippen LogP contribution in [-0.4, -0.2) is 51.3 Å². The second-order valence-corrected chi connectivity index (χ2v) is 6.43. The van der Waals surface area contributed by atoms with Gasteiger partial charge in [0.1, 0.15) is 0 Å². The molecule has 1 saturated carbocycles. The molecule has 3 nitrogen and oxygen atoms in total. The molecule has 0 aromatic carbocycles. The summed E-state index contributed by atoms with van der Waals surface area (Å²) in [5.74, 6) is 0.968. The monoisotopic (exact) mass is 254 g/mol. The zero-order chi connectivity index (χ0) is 12.8. The Kier molecular flexibility index (Phi) is 5.46. The van der Waals surface area contributed by atoms with Crippen molar-refractivity contribution in [3.8, 4) is 0 Å². The highest BCUT2D eigenvalue weighted by molar-refractivity contribution is 4.87. The molecular formula is C15H30N2O. The predicted octanol–water partition coefficient (Wildman–Crippen LogP) is 2.12. The predicted molar refractivity (Wildman–Crippen MR) is 75.9 cm³/mol. The summed E-state index contributed by atoms with van der Waals surface area (Å²) in [4.78, 5) is 2.55. The molecule has 2 fully saturated rings. The van der Waals surface area contributed by atoms with Crippen LogP contribution in [0.15, 0.2) is 0 Å². The van der Waals surface area contributed by atoms with Gasteiger partial charge in [-0.1, -0.05) is 13.3 Å². The lowest BCUT2D eigenvalue weighted by molar-refractivity contribution is -0.0255. The maximum Gasteiger partial charge on any atom is 0.0546 e. The fourth-order valence-corrected chi connectivity index (χ4v) is 3.37. The Morgan fingerprint density at radius 3 is 2.72 bits per heavy atom. The van der Waals surface area contributed by atoms with Gasteiger partial charge in [0.05, 0.1) is 6.61 Å². The number of nitrogens with one attached hydrogen (secondary N) is 1. The summed E-state index contributed by atoms with van der Waals surface area (Å²) in [6, 6.07) is 0. The standard InChI is InChI=1S/C15H30N2O/c1-3-16-11-15(8-5-9-18-13-15)12-17(2)10-14-6-4-7-14/h14,16H,3-13H2,1-2H3. The van der Waals surface area contributed by atoms with Crippen molar-refractivity contribution >= 4 is 0 Å². The molecule has 0 spiro atoms. The lowest BCUT2D eigenvalue weighted by Gasteiger charge is -2.41. The summed E-state index contributed by atoms with van der Waals surface area (Å²) >= 11 is 0. The lowest BCUT2D eigenvalue weighted by atomic mass is 9.80. The zero-order valence-corrected chi connectivity index (χ0v) is 12.2. The van der Waals surface area contributed by atoms with Crippen molar-refractivity contribution in [2.45, 2.75) is 39.0 Å². The summed E-state index contributed by atoms with van der Waals surface area (Å²) in [7, 11) is 2.29. The lowest BCUT2D eigenvalue weighted by Crippen LogP contribution is -2.49. The summed E-state index contributed by atoms with van der Waals surface area (Å²) in [6.07, 6.45) is 6.88. The van der Waals surface area contributed by atoms with Crippen molar-refractivity contribution in [3.63, 3.8) is 0 Å². The van der Waals surface area contributed by atoms with Gasteiger partial charge in [0.25, 0.3) is 0 Å². The molecule has 1 aliphatic carbocycles. The van der Waals surface area contributed by atoms with Gasteiger partial charge in [0.15, 0.2) is 0 Å². The second kappa shape index (κ2) is 6.88. The molecule has 0 aromatic rings. The number of hydrogen-bond acceptors (Lipinski definition) is 3. The first-order valence-electron chi connectivity index (χ1n) is 7.71. The molecule has 1 unspecified atom stereocenters. The fourth-order valence-electron chi connectivity index (χ4n) is 3.37. The topological polar surface area (TPSA) is 24.5 Å². The number of nitrogens with zero attached hydrogens (tertiary/aromatic N) is 1. The van der Waals surface area contributed by atoms with Crippen LogP contribution >= 0.6 is 0 Å². The highest BCUT2D eigenvalue weighted by Crippen LogP contribution is 2.31. The van der Waals surface area contributed by atoms with Gasteiger partial charge in [0, 0.05) is 31.7 Å². The van der Waals surface area contributed by atoms with Gasteiger partial charge in [-0.25, -0.2) is 0 Å². The first kappa shape index (κ1) is 14.3. The van der Waals surface area contributed by atoms with Crippen LogP contribution < -0.4 is 5.32 Å². The van der Waals surface area contributed by atoms with Crippen LogP contribution in [0.4, 0.5) is 0 Å². The third-order valence-electron chi connectivity index (χ3n) is 4.55. The summed E-state index contributed by atoms with van der Waals surface area (Å²) in [5, 5.41) is 3.54. The van der Waals surface area contributed by atoms with E-state index in [9.17, 15) is 0 Å². The normalized spacial score (nSPS) is 29.5. The van der Waals surface area contributed by atoms with E-state index in [4.69, 9.17) is 4.74 Å².